The maximum Gasteiger partial charge on any atom is 0.150 e. The summed E-state index contributed by atoms with van der Waals surface area (Å²) in [4.78, 5) is 6.07. The van der Waals surface area contributed by atoms with Crippen LogP contribution >= 0.6 is 23.6 Å². The van der Waals surface area contributed by atoms with Gasteiger partial charge in [0.05, 0.1) is 10.0 Å². The second kappa shape index (κ2) is 6.98. The van der Waals surface area contributed by atoms with E-state index in [0.29, 0.717) is 5.56 Å². The highest BCUT2D eigenvalue weighted by atomic mass is 32.1. The summed E-state index contributed by atoms with van der Waals surface area (Å²) in [6.45, 7) is 0. The minimum atomic E-state index is -0.430. The number of rotatable bonds is 3. The van der Waals surface area contributed by atoms with Crippen molar-refractivity contribution in [3.63, 3.8) is 0 Å². The van der Waals surface area contributed by atoms with Crippen LogP contribution in [0.2, 0.25) is 0 Å². The zero-order valence-electron chi connectivity index (χ0n) is 11.9. The summed E-state index contributed by atoms with van der Waals surface area (Å²) in [5.41, 5.74) is 0.828. The Labute approximate surface area is 138 Å². The van der Waals surface area contributed by atoms with Crippen molar-refractivity contribution >= 4 is 34.4 Å². The molecule has 1 aliphatic carbocycles. The Morgan fingerprint density at radius 2 is 2.09 bits per heavy atom. The van der Waals surface area contributed by atoms with Crippen molar-refractivity contribution in [2.75, 3.05) is 0 Å². The molecule has 0 atom stereocenters. The molecule has 1 heterocycles. The van der Waals surface area contributed by atoms with Crippen molar-refractivity contribution in [2.24, 2.45) is 10.9 Å². The van der Waals surface area contributed by atoms with Gasteiger partial charge in [-0.1, -0.05) is 31.1 Å². The van der Waals surface area contributed by atoms with Gasteiger partial charge in [-0.3, -0.25) is 0 Å². The van der Waals surface area contributed by atoms with Gasteiger partial charge in [-0.2, -0.15) is 4.99 Å². The molecule has 0 amide bonds. The second-order valence-corrected chi connectivity index (χ2v) is 6.74. The number of thiophene rings is 1. The first-order chi connectivity index (χ1) is 10.7. The van der Waals surface area contributed by atoms with Crippen molar-refractivity contribution in [1.82, 2.24) is 0 Å². The molecule has 0 aliphatic heterocycles. The van der Waals surface area contributed by atoms with Crippen molar-refractivity contribution in [1.29, 1.82) is 0 Å². The molecule has 1 saturated carbocycles. The Hall–Kier alpha value is -1.79. The van der Waals surface area contributed by atoms with E-state index in [-0.39, 0.29) is 5.69 Å². The first-order valence-corrected chi connectivity index (χ1v) is 8.45. The van der Waals surface area contributed by atoms with Crippen LogP contribution in [-0.4, -0.2) is 5.16 Å². The number of hydrogen-bond donors (Lipinski definition) is 0. The van der Waals surface area contributed by atoms with Gasteiger partial charge in [0.15, 0.2) is 5.82 Å². The molecule has 0 unspecified atom stereocenters. The van der Waals surface area contributed by atoms with Crippen LogP contribution in [0.3, 0.4) is 0 Å². The van der Waals surface area contributed by atoms with E-state index in [1.54, 1.807) is 23.5 Å². The molecule has 0 spiro atoms. The maximum absolute atomic E-state index is 13.7. The first kappa shape index (κ1) is 15.1. The lowest BCUT2D eigenvalue weighted by atomic mass is 9.83. The summed E-state index contributed by atoms with van der Waals surface area (Å²) in [7, 11) is 0. The van der Waals surface area contributed by atoms with E-state index < -0.39 is 5.82 Å². The average molecular weight is 327 g/mol. The van der Waals surface area contributed by atoms with Crippen LogP contribution in [0.1, 0.15) is 34.6 Å². The van der Waals surface area contributed by atoms with E-state index in [1.807, 2.05) is 6.07 Å². The van der Waals surface area contributed by atoms with Gasteiger partial charge in [0.25, 0.3) is 0 Å². The molecule has 0 saturated heterocycles. The fourth-order valence-electron chi connectivity index (χ4n) is 2.39. The van der Waals surface area contributed by atoms with Crippen LogP contribution in [-0.2, 0) is 6.42 Å². The molecule has 2 aromatic rings. The Balaban J connectivity index is 1.72. The number of isothiocyanates is 1. The molecule has 3 rings (SSSR count). The highest BCUT2D eigenvalue weighted by Crippen LogP contribution is 2.31. The van der Waals surface area contributed by atoms with E-state index in [2.05, 4.69) is 40.3 Å². The normalized spacial score (nSPS) is 13.7. The van der Waals surface area contributed by atoms with Gasteiger partial charge in [0, 0.05) is 10.4 Å². The molecule has 1 aromatic carbocycles. The fraction of sp³-hybridized carbons (Fsp3) is 0.278. The third-order valence-corrected chi connectivity index (χ3v) is 4.93. The average Bonchev–Trinajstić information content (AvgIpc) is 2.91. The summed E-state index contributed by atoms with van der Waals surface area (Å²) in [5, 5.41) is 2.16. The molecule has 4 heteroatoms. The van der Waals surface area contributed by atoms with Crippen molar-refractivity contribution in [2.45, 2.75) is 25.7 Å². The number of hydrogen-bond acceptors (Lipinski definition) is 3. The monoisotopic (exact) mass is 327 g/mol. The minimum Gasteiger partial charge on any atom is -0.205 e. The fourth-order valence-corrected chi connectivity index (χ4v) is 3.47. The van der Waals surface area contributed by atoms with Gasteiger partial charge in [0.2, 0.25) is 0 Å². The standard InChI is InChI=1S/C18H14FNS2/c19-17-11-14(5-9-18(17)20-12-21)4-6-15-7-8-16(22-15)10-13-2-1-3-13/h5,7-9,11,13H,1-3,10H2. The molecule has 1 aliphatic rings. The summed E-state index contributed by atoms with van der Waals surface area (Å²) in [6, 6.07) is 8.89. The van der Waals surface area contributed by atoms with Crippen molar-refractivity contribution in [3.05, 3.63) is 51.5 Å². The molecule has 0 radical (unpaired) electrons. The quantitative estimate of drug-likeness (QED) is 0.420. The molecule has 1 fully saturated rings. The van der Waals surface area contributed by atoms with E-state index in [0.717, 1.165) is 10.8 Å². The van der Waals surface area contributed by atoms with Crippen LogP contribution < -0.4 is 0 Å². The van der Waals surface area contributed by atoms with Gasteiger partial charge in [-0.25, -0.2) is 4.39 Å². The SMILES string of the molecule is Fc1cc(C#Cc2ccc(CC3CCC3)s2)ccc1N=C=S. The predicted octanol–water partition coefficient (Wildman–Crippen LogP) is 5.36. The number of nitrogens with zero attached hydrogens (tertiary/aromatic N) is 1. The number of benzene rings is 1. The highest BCUT2D eigenvalue weighted by molar-refractivity contribution is 7.78. The molecule has 110 valence electrons. The predicted molar refractivity (Wildman–Crippen MR) is 92.4 cm³/mol. The van der Waals surface area contributed by atoms with E-state index in [1.165, 1.54) is 36.6 Å². The Morgan fingerprint density at radius 1 is 1.23 bits per heavy atom. The molecule has 22 heavy (non-hydrogen) atoms. The summed E-state index contributed by atoms with van der Waals surface area (Å²) < 4.78 is 13.7. The van der Waals surface area contributed by atoms with E-state index in [4.69, 9.17) is 0 Å². The van der Waals surface area contributed by atoms with Gasteiger partial charge < -0.3 is 0 Å². The molecule has 0 N–H and O–H groups in total. The Bertz CT molecular complexity index is 787. The zero-order chi connectivity index (χ0) is 15.4. The van der Waals surface area contributed by atoms with Gasteiger partial charge in [-0.15, -0.1) is 11.3 Å². The molecular weight excluding hydrogens is 313 g/mol. The van der Waals surface area contributed by atoms with E-state index in [9.17, 15) is 4.39 Å². The topological polar surface area (TPSA) is 12.4 Å². The summed E-state index contributed by atoms with van der Waals surface area (Å²) in [5.74, 6) is 6.54. The molecule has 0 bridgehead atoms. The minimum absolute atomic E-state index is 0.194. The molecule has 1 nitrogen and oxygen atoms in total. The smallest absolute Gasteiger partial charge is 0.150 e. The Morgan fingerprint density at radius 3 is 2.77 bits per heavy atom. The highest BCUT2D eigenvalue weighted by Gasteiger charge is 2.18. The number of thiocarbonyl (C=S) groups is 1. The van der Waals surface area contributed by atoms with Crippen LogP contribution in [0, 0.1) is 23.6 Å². The second-order valence-electron chi connectivity index (χ2n) is 5.39. The molecule has 1 aromatic heterocycles. The van der Waals surface area contributed by atoms with Crippen LogP contribution in [0.5, 0.6) is 0 Å². The third-order valence-electron chi connectivity index (χ3n) is 3.82. The number of aliphatic imine (C=N–C) groups is 1. The van der Waals surface area contributed by atoms with Crippen LogP contribution in [0.25, 0.3) is 0 Å². The van der Waals surface area contributed by atoms with Crippen LogP contribution in [0.4, 0.5) is 10.1 Å². The lowest BCUT2D eigenvalue weighted by Gasteiger charge is -2.24. The molecular formula is C18H14FNS2. The maximum atomic E-state index is 13.7. The first-order valence-electron chi connectivity index (χ1n) is 7.23. The number of halogens is 1. The lowest BCUT2D eigenvalue weighted by Crippen LogP contribution is -2.12. The zero-order valence-corrected chi connectivity index (χ0v) is 13.6. The van der Waals surface area contributed by atoms with Gasteiger partial charge in [0.1, 0.15) is 5.69 Å². The van der Waals surface area contributed by atoms with Crippen molar-refractivity contribution in [3.8, 4) is 11.8 Å². The third kappa shape index (κ3) is 3.69. The van der Waals surface area contributed by atoms with E-state index >= 15 is 0 Å². The van der Waals surface area contributed by atoms with Crippen LogP contribution in [0.15, 0.2) is 35.3 Å². The lowest BCUT2D eigenvalue weighted by molar-refractivity contribution is 0.316. The van der Waals surface area contributed by atoms with Gasteiger partial charge in [-0.05, 0) is 54.9 Å². The van der Waals surface area contributed by atoms with Gasteiger partial charge >= 0.3 is 0 Å². The summed E-state index contributed by atoms with van der Waals surface area (Å²) in [6.07, 6.45) is 5.26. The largest absolute Gasteiger partial charge is 0.205 e. The Kier molecular flexibility index (Phi) is 4.80. The summed E-state index contributed by atoms with van der Waals surface area (Å²) >= 11 is 6.21. The van der Waals surface area contributed by atoms with Crippen molar-refractivity contribution < 1.29 is 4.39 Å².